The van der Waals surface area contributed by atoms with Crippen molar-refractivity contribution in [3.63, 3.8) is 0 Å². The van der Waals surface area contributed by atoms with Gasteiger partial charge in [-0.3, -0.25) is 0 Å². The van der Waals surface area contributed by atoms with Crippen LogP contribution in [0.3, 0.4) is 0 Å². The third-order valence-electron chi connectivity index (χ3n) is 2.80. The second kappa shape index (κ2) is 5.41. The molecule has 0 radical (unpaired) electrons. The van der Waals surface area contributed by atoms with E-state index in [1.165, 1.54) is 0 Å². The van der Waals surface area contributed by atoms with E-state index < -0.39 is 15.8 Å². The minimum Gasteiger partial charge on any atom is -0.210 e. The standard InChI is InChI=1S/C8H14ClF2NO2S/c9-4-6-2-1-3-7(6)5-12-15(13,14)8(10)11/h6-8,12H,1-5H2. The molecular formula is C8H14ClF2NO2S. The van der Waals surface area contributed by atoms with Crippen molar-refractivity contribution < 1.29 is 17.2 Å². The van der Waals surface area contributed by atoms with Gasteiger partial charge in [0.25, 0.3) is 10.0 Å². The van der Waals surface area contributed by atoms with Crippen LogP contribution in [0.15, 0.2) is 0 Å². The summed E-state index contributed by atoms with van der Waals surface area (Å²) in [7, 11) is -4.44. The van der Waals surface area contributed by atoms with Crippen LogP contribution < -0.4 is 4.72 Å². The second-order valence-electron chi connectivity index (χ2n) is 3.76. The zero-order chi connectivity index (χ0) is 11.5. The molecule has 0 aromatic rings. The number of hydrogen-bond acceptors (Lipinski definition) is 2. The highest BCUT2D eigenvalue weighted by atomic mass is 35.5. The third-order valence-corrected chi connectivity index (χ3v) is 4.23. The maximum absolute atomic E-state index is 12.0. The molecule has 0 amide bonds. The first-order valence-electron chi connectivity index (χ1n) is 4.80. The lowest BCUT2D eigenvalue weighted by molar-refractivity contribution is 0.231. The maximum atomic E-state index is 12.0. The summed E-state index contributed by atoms with van der Waals surface area (Å²) in [4.78, 5) is 0. The Balaban J connectivity index is 2.43. The Morgan fingerprint density at radius 1 is 1.33 bits per heavy atom. The lowest BCUT2D eigenvalue weighted by Crippen LogP contribution is -2.34. The molecule has 0 saturated heterocycles. The van der Waals surface area contributed by atoms with Gasteiger partial charge in [-0.1, -0.05) is 6.42 Å². The van der Waals surface area contributed by atoms with Gasteiger partial charge < -0.3 is 0 Å². The van der Waals surface area contributed by atoms with Crippen LogP contribution in [0.5, 0.6) is 0 Å². The normalized spacial score (nSPS) is 27.5. The fourth-order valence-electron chi connectivity index (χ4n) is 1.87. The van der Waals surface area contributed by atoms with E-state index in [9.17, 15) is 17.2 Å². The topological polar surface area (TPSA) is 46.2 Å². The smallest absolute Gasteiger partial charge is 0.210 e. The average molecular weight is 262 g/mol. The molecule has 1 saturated carbocycles. The van der Waals surface area contributed by atoms with E-state index in [0.717, 1.165) is 19.3 Å². The van der Waals surface area contributed by atoms with Crippen molar-refractivity contribution in [3.05, 3.63) is 0 Å². The molecule has 1 rings (SSSR count). The molecule has 0 bridgehead atoms. The van der Waals surface area contributed by atoms with Gasteiger partial charge in [0.15, 0.2) is 0 Å². The van der Waals surface area contributed by atoms with E-state index in [4.69, 9.17) is 11.6 Å². The van der Waals surface area contributed by atoms with Crippen molar-refractivity contribution in [2.24, 2.45) is 11.8 Å². The minimum atomic E-state index is -4.44. The fourth-order valence-corrected chi connectivity index (χ4v) is 2.85. The van der Waals surface area contributed by atoms with E-state index in [0.29, 0.717) is 5.88 Å². The number of sulfonamides is 1. The number of hydrogen-bond donors (Lipinski definition) is 1. The molecule has 1 aliphatic carbocycles. The van der Waals surface area contributed by atoms with Gasteiger partial charge in [-0.2, -0.15) is 8.78 Å². The lowest BCUT2D eigenvalue weighted by atomic mass is 9.98. The van der Waals surface area contributed by atoms with E-state index in [-0.39, 0.29) is 18.4 Å². The molecule has 1 N–H and O–H groups in total. The highest BCUT2D eigenvalue weighted by Gasteiger charge is 2.30. The summed E-state index contributed by atoms with van der Waals surface area (Å²) in [6.45, 7) is 0.0735. The molecular weight excluding hydrogens is 248 g/mol. The Hall–Kier alpha value is 0.0600. The Kier molecular flexibility index (Phi) is 4.73. The molecule has 0 heterocycles. The molecule has 2 unspecified atom stereocenters. The second-order valence-corrected chi connectivity index (χ2v) is 5.80. The number of nitrogens with one attached hydrogen (secondary N) is 1. The summed E-state index contributed by atoms with van der Waals surface area (Å²) >= 11 is 5.69. The molecule has 1 aliphatic rings. The van der Waals surface area contributed by atoms with Crippen LogP contribution in [0.2, 0.25) is 0 Å². The maximum Gasteiger partial charge on any atom is 0.350 e. The van der Waals surface area contributed by atoms with Crippen LogP contribution in [-0.4, -0.2) is 26.6 Å². The molecule has 0 spiro atoms. The van der Waals surface area contributed by atoms with Gasteiger partial charge in [-0.15, -0.1) is 11.6 Å². The number of alkyl halides is 3. The summed E-state index contributed by atoms with van der Waals surface area (Å²) in [6.07, 6.45) is 2.78. The summed E-state index contributed by atoms with van der Waals surface area (Å²) < 4.78 is 47.5. The van der Waals surface area contributed by atoms with E-state index in [1.807, 2.05) is 4.72 Å². The zero-order valence-corrected chi connectivity index (χ0v) is 9.70. The number of rotatable bonds is 5. The quantitative estimate of drug-likeness (QED) is 0.767. The van der Waals surface area contributed by atoms with Gasteiger partial charge in [0, 0.05) is 12.4 Å². The fraction of sp³-hybridized carbons (Fsp3) is 1.00. The molecule has 0 aromatic heterocycles. The van der Waals surface area contributed by atoms with E-state index in [1.54, 1.807) is 0 Å². The minimum absolute atomic E-state index is 0.0735. The van der Waals surface area contributed by atoms with Crippen molar-refractivity contribution in [2.75, 3.05) is 12.4 Å². The van der Waals surface area contributed by atoms with Crippen LogP contribution in [0.25, 0.3) is 0 Å². The van der Waals surface area contributed by atoms with E-state index in [2.05, 4.69) is 0 Å². The Labute approximate surface area is 93.2 Å². The van der Waals surface area contributed by atoms with Crippen LogP contribution in [-0.2, 0) is 10.0 Å². The van der Waals surface area contributed by atoms with Crippen LogP contribution in [0.4, 0.5) is 8.78 Å². The predicted octanol–water partition coefficient (Wildman–Crippen LogP) is 1.78. The molecule has 90 valence electrons. The summed E-state index contributed by atoms with van der Waals surface area (Å²) in [5.41, 5.74) is 0. The third kappa shape index (κ3) is 3.53. The van der Waals surface area contributed by atoms with Crippen LogP contribution in [0.1, 0.15) is 19.3 Å². The molecule has 3 nitrogen and oxygen atoms in total. The number of halogens is 3. The Morgan fingerprint density at radius 2 is 1.93 bits per heavy atom. The summed E-state index contributed by atoms with van der Waals surface area (Å²) in [5.74, 6) is -2.56. The van der Waals surface area contributed by atoms with Crippen molar-refractivity contribution in [1.29, 1.82) is 0 Å². The molecule has 15 heavy (non-hydrogen) atoms. The van der Waals surface area contributed by atoms with Crippen molar-refractivity contribution in [3.8, 4) is 0 Å². The summed E-state index contributed by atoms with van der Waals surface area (Å²) in [5, 5.41) is 0. The molecule has 0 aromatic carbocycles. The van der Waals surface area contributed by atoms with Crippen LogP contribution in [0, 0.1) is 11.8 Å². The van der Waals surface area contributed by atoms with E-state index >= 15 is 0 Å². The monoisotopic (exact) mass is 261 g/mol. The molecule has 2 atom stereocenters. The lowest BCUT2D eigenvalue weighted by Gasteiger charge is -2.17. The van der Waals surface area contributed by atoms with Gasteiger partial charge in [0.1, 0.15) is 0 Å². The zero-order valence-electron chi connectivity index (χ0n) is 8.13. The van der Waals surface area contributed by atoms with Gasteiger partial charge in [-0.25, -0.2) is 13.1 Å². The average Bonchev–Trinajstić information content (AvgIpc) is 2.61. The molecule has 0 aliphatic heterocycles. The Bertz CT molecular complexity index is 297. The SMILES string of the molecule is O=S(=O)(NCC1CCCC1CCl)C(F)F. The van der Waals surface area contributed by atoms with Crippen molar-refractivity contribution in [2.45, 2.75) is 25.0 Å². The molecule has 1 fully saturated rings. The van der Waals surface area contributed by atoms with Crippen LogP contribution >= 0.6 is 11.6 Å². The van der Waals surface area contributed by atoms with Gasteiger partial charge >= 0.3 is 5.76 Å². The highest BCUT2D eigenvalue weighted by Crippen LogP contribution is 2.32. The Morgan fingerprint density at radius 3 is 2.47 bits per heavy atom. The largest absolute Gasteiger partial charge is 0.350 e. The first-order chi connectivity index (χ1) is 6.97. The van der Waals surface area contributed by atoms with Gasteiger partial charge in [-0.05, 0) is 24.7 Å². The predicted molar refractivity (Wildman–Crippen MR) is 54.5 cm³/mol. The first-order valence-corrected chi connectivity index (χ1v) is 6.88. The highest BCUT2D eigenvalue weighted by molar-refractivity contribution is 7.89. The van der Waals surface area contributed by atoms with Crippen molar-refractivity contribution >= 4 is 21.6 Å². The summed E-state index contributed by atoms with van der Waals surface area (Å²) in [6, 6.07) is 0. The van der Waals surface area contributed by atoms with Gasteiger partial charge in [0.2, 0.25) is 0 Å². The van der Waals surface area contributed by atoms with Crippen molar-refractivity contribution in [1.82, 2.24) is 4.72 Å². The molecule has 7 heteroatoms. The van der Waals surface area contributed by atoms with Gasteiger partial charge in [0.05, 0.1) is 0 Å². The first kappa shape index (κ1) is 13.1.